The van der Waals surface area contributed by atoms with Gasteiger partial charge in [0.25, 0.3) is 0 Å². The molecule has 1 aromatic heterocycles. The molecule has 3 nitrogen and oxygen atoms in total. The summed E-state index contributed by atoms with van der Waals surface area (Å²) < 4.78 is 38.2. The van der Waals surface area contributed by atoms with Gasteiger partial charge in [-0.3, -0.25) is 0 Å². The van der Waals surface area contributed by atoms with Crippen molar-refractivity contribution >= 4 is 38.6 Å². The third-order valence-electron chi connectivity index (χ3n) is 4.97. The van der Waals surface area contributed by atoms with E-state index < -0.39 is 6.61 Å². The van der Waals surface area contributed by atoms with Crippen LogP contribution in [0.2, 0.25) is 0 Å². The van der Waals surface area contributed by atoms with Gasteiger partial charge in [-0.1, -0.05) is 30.3 Å². The van der Waals surface area contributed by atoms with Crippen LogP contribution in [0.25, 0.3) is 11.1 Å². The number of anilines is 2. The molecule has 4 aromatic rings. The summed E-state index contributed by atoms with van der Waals surface area (Å²) in [5, 5.41) is 3.39. The van der Waals surface area contributed by atoms with Crippen molar-refractivity contribution in [1.29, 1.82) is 0 Å². The molecule has 0 saturated carbocycles. The molecule has 0 fully saturated rings. The molecule has 1 unspecified atom stereocenters. The van der Waals surface area contributed by atoms with Crippen molar-refractivity contribution in [2.45, 2.75) is 12.7 Å². The van der Waals surface area contributed by atoms with Crippen molar-refractivity contribution in [1.82, 2.24) is 0 Å². The fourth-order valence-electron chi connectivity index (χ4n) is 3.71. The molecule has 0 saturated heterocycles. The van der Waals surface area contributed by atoms with E-state index in [2.05, 4.69) is 21.2 Å². The van der Waals surface area contributed by atoms with Crippen LogP contribution in [0.3, 0.4) is 0 Å². The molecule has 5 rings (SSSR count). The molecule has 0 aliphatic carbocycles. The number of nitrogens with one attached hydrogen (secondary N) is 1. The number of para-hydroxylation sites is 1. The van der Waals surface area contributed by atoms with E-state index >= 15 is 0 Å². The first-order valence-electron chi connectivity index (χ1n) is 9.54. The molecule has 3 aromatic carbocycles. The summed E-state index contributed by atoms with van der Waals surface area (Å²) in [5.41, 5.74) is 4.07. The summed E-state index contributed by atoms with van der Waals surface area (Å²) in [6.45, 7) is -2.92. The Morgan fingerprint density at radius 2 is 1.77 bits per heavy atom. The van der Waals surface area contributed by atoms with Crippen LogP contribution < -0.4 is 14.8 Å². The fourth-order valence-corrected chi connectivity index (χ4v) is 5.19. The molecule has 2 heterocycles. The van der Waals surface area contributed by atoms with Crippen molar-refractivity contribution in [2.24, 2.45) is 0 Å². The van der Waals surface area contributed by atoms with Crippen LogP contribution in [0, 0.1) is 0 Å². The number of hydrogen-bond acceptors (Lipinski definition) is 4. The van der Waals surface area contributed by atoms with E-state index in [0.29, 0.717) is 11.3 Å². The Morgan fingerprint density at radius 1 is 0.935 bits per heavy atom. The Bertz CT molecular complexity index is 1230. The highest BCUT2D eigenvalue weighted by Gasteiger charge is 2.31. The fraction of sp³-hybridized carbons (Fsp3) is 0.0833. The van der Waals surface area contributed by atoms with Gasteiger partial charge in [-0.2, -0.15) is 8.78 Å². The third-order valence-corrected chi connectivity index (χ3v) is 6.63. The standard InChI is InChI=1S/C24H16BrF2NO2S/c25-21-12-11-20(31-21)23-17-13-15(28-14-5-2-1-3-6-14)9-10-16(17)22-18(29-23)7-4-8-19(22)30-24(26)27/h1-13,23-24,28H. The number of ether oxygens (including phenoxy) is 2. The Hall–Kier alpha value is -2.90. The van der Waals surface area contributed by atoms with Gasteiger partial charge in [-0.15, -0.1) is 11.3 Å². The molecule has 156 valence electrons. The van der Waals surface area contributed by atoms with E-state index in [1.165, 1.54) is 6.07 Å². The van der Waals surface area contributed by atoms with Gasteiger partial charge in [0.15, 0.2) is 6.10 Å². The first-order chi connectivity index (χ1) is 15.1. The largest absolute Gasteiger partial charge is 0.479 e. The highest BCUT2D eigenvalue weighted by atomic mass is 79.9. The number of benzene rings is 3. The summed E-state index contributed by atoms with van der Waals surface area (Å²) in [5.74, 6) is 0.618. The second-order valence-electron chi connectivity index (χ2n) is 6.94. The maximum Gasteiger partial charge on any atom is 0.387 e. The SMILES string of the molecule is FC(F)Oc1cccc2c1-c1ccc(Nc3ccccc3)cc1C(c1ccc(Br)s1)O2. The monoisotopic (exact) mass is 499 g/mol. The van der Waals surface area contributed by atoms with Crippen molar-refractivity contribution < 1.29 is 18.3 Å². The van der Waals surface area contributed by atoms with Crippen LogP contribution in [0.5, 0.6) is 11.5 Å². The van der Waals surface area contributed by atoms with Crippen molar-refractivity contribution in [3.8, 4) is 22.6 Å². The average molecular weight is 500 g/mol. The van der Waals surface area contributed by atoms with E-state index in [0.717, 1.165) is 31.2 Å². The summed E-state index contributed by atoms with van der Waals surface area (Å²) >= 11 is 5.09. The van der Waals surface area contributed by atoms with E-state index in [1.54, 1.807) is 23.5 Å². The van der Waals surface area contributed by atoms with Gasteiger partial charge >= 0.3 is 6.61 Å². The Labute approximate surface area is 190 Å². The van der Waals surface area contributed by atoms with Gasteiger partial charge in [-0.05, 0) is 70.0 Å². The number of fused-ring (bicyclic) bond motifs is 3. The second-order valence-corrected chi connectivity index (χ2v) is 9.44. The maximum atomic E-state index is 13.0. The quantitative estimate of drug-likeness (QED) is 0.301. The molecular weight excluding hydrogens is 484 g/mol. The lowest BCUT2D eigenvalue weighted by molar-refractivity contribution is -0.0496. The molecule has 7 heteroatoms. The van der Waals surface area contributed by atoms with E-state index in [-0.39, 0.29) is 11.9 Å². The van der Waals surface area contributed by atoms with Crippen molar-refractivity contribution in [3.05, 3.63) is 93.1 Å². The zero-order valence-corrected chi connectivity index (χ0v) is 18.4. The normalized spacial score (nSPS) is 14.5. The zero-order chi connectivity index (χ0) is 21.4. The number of rotatable bonds is 5. The van der Waals surface area contributed by atoms with Crippen LogP contribution in [-0.4, -0.2) is 6.61 Å². The smallest absolute Gasteiger partial charge is 0.387 e. The minimum Gasteiger partial charge on any atom is -0.479 e. The molecule has 0 amide bonds. The van der Waals surface area contributed by atoms with Gasteiger partial charge in [-0.25, -0.2) is 0 Å². The first kappa shape index (κ1) is 20.0. The molecule has 1 aliphatic rings. The summed E-state index contributed by atoms with van der Waals surface area (Å²) in [4.78, 5) is 1.01. The van der Waals surface area contributed by atoms with Crippen molar-refractivity contribution in [2.75, 3.05) is 5.32 Å². The highest BCUT2D eigenvalue weighted by Crippen LogP contribution is 2.51. The Kier molecular flexibility index (Phi) is 5.38. The summed E-state index contributed by atoms with van der Waals surface area (Å²) in [6, 6.07) is 24.7. The molecular formula is C24H16BrF2NO2S. The number of thiophene rings is 1. The minimum atomic E-state index is -2.92. The van der Waals surface area contributed by atoms with Gasteiger partial charge in [0.1, 0.15) is 11.5 Å². The average Bonchev–Trinajstić information content (AvgIpc) is 3.19. The third kappa shape index (κ3) is 4.03. The lowest BCUT2D eigenvalue weighted by Crippen LogP contribution is -2.16. The van der Waals surface area contributed by atoms with E-state index in [1.807, 2.05) is 60.7 Å². The number of alkyl halides is 2. The van der Waals surface area contributed by atoms with Gasteiger partial charge in [0, 0.05) is 16.9 Å². The van der Waals surface area contributed by atoms with Crippen LogP contribution in [-0.2, 0) is 0 Å². The van der Waals surface area contributed by atoms with E-state index in [9.17, 15) is 8.78 Å². The number of halogens is 3. The summed E-state index contributed by atoms with van der Waals surface area (Å²) in [6.07, 6.45) is -0.363. The lowest BCUT2D eigenvalue weighted by Gasteiger charge is -2.30. The molecule has 0 spiro atoms. The molecule has 1 N–H and O–H groups in total. The highest BCUT2D eigenvalue weighted by molar-refractivity contribution is 9.11. The second kappa shape index (κ2) is 8.32. The molecule has 0 bridgehead atoms. The lowest BCUT2D eigenvalue weighted by atomic mass is 9.91. The Balaban J connectivity index is 1.64. The predicted octanol–water partition coefficient (Wildman–Crippen LogP) is 8.00. The van der Waals surface area contributed by atoms with Gasteiger partial charge < -0.3 is 14.8 Å². The van der Waals surface area contributed by atoms with Crippen LogP contribution in [0.1, 0.15) is 16.5 Å². The molecule has 1 atom stereocenters. The van der Waals surface area contributed by atoms with Crippen molar-refractivity contribution in [3.63, 3.8) is 0 Å². The zero-order valence-electron chi connectivity index (χ0n) is 16.0. The topological polar surface area (TPSA) is 30.5 Å². The predicted molar refractivity (Wildman–Crippen MR) is 123 cm³/mol. The molecule has 0 radical (unpaired) electrons. The Morgan fingerprint density at radius 3 is 2.52 bits per heavy atom. The first-order valence-corrected chi connectivity index (χ1v) is 11.2. The summed E-state index contributed by atoms with van der Waals surface area (Å²) in [7, 11) is 0. The van der Waals surface area contributed by atoms with Crippen LogP contribution in [0.4, 0.5) is 20.2 Å². The molecule has 1 aliphatic heterocycles. The van der Waals surface area contributed by atoms with E-state index in [4.69, 9.17) is 9.47 Å². The minimum absolute atomic E-state index is 0.100. The van der Waals surface area contributed by atoms with Crippen LogP contribution >= 0.6 is 27.3 Å². The van der Waals surface area contributed by atoms with Gasteiger partial charge in [0.2, 0.25) is 0 Å². The number of hydrogen-bond donors (Lipinski definition) is 1. The molecule has 31 heavy (non-hydrogen) atoms. The maximum absolute atomic E-state index is 13.0. The van der Waals surface area contributed by atoms with Gasteiger partial charge in [0.05, 0.1) is 14.2 Å². The van der Waals surface area contributed by atoms with Crippen LogP contribution in [0.15, 0.2) is 82.6 Å².